The van der Waals surface area contributed by atoms with Crippen LogP contribution in [0.2, 0.25) is 0 Å². The van der Waals surface area contributed by atoms with Crippen LogP contribution in [0.5, 0.6) is 5.75 Å². The van der Waals surface area contributed by atoms with Gasteiger partial charge in [0.05, 0.1) is 12.8 Å². The van der Waals surface area contributed by atoms with Crippen LogP contribution in [0.3, 0.4) is 0 Å². The van der Waals surface area contributed by atoms with Crippen molar-refractivity contribution in [1.82, 2.24) is 9.29 Å². The first kappa shape index (κ1) is 23.4. The van der Waals surface area contributed by atoms with E-state index < -0.39 is 15.9 Å². The van der Waals surface area contributed by atoms with Crippen molar-refractivity contribution in [3.63, 3.8) is 0 Å². The van der Waals surface area contributed by atoms with Crippen molar-refractivity contribution in [3.05, 3.63) is 58.0 Å². The summed E-state index contributed by atoms with van der Waals surface area (Å²) in [5.74, 6) is -0.201. The largest absolute Gasteiger partial charge is 0.495 e. The number of carbonyl (C=O) groups excluding carboxylic acids is 1. The lowest BCUT2D eigenvalue weighted by Gasteiger charge is -2.18. The summed E-state index contributed by atoms with van der Waals surface area (Å²) < 4.78 is 32.9. The van der Waals surface area contributed by atoms with Crippen LogP contribution in [0.15, 0.2) is 40.6 Å². The molecule has 1 aliphatic heterocycles. The van der Waals surface area contributed by atoms with E-state index in [2.05, 4.69) is 36.3 Å². The lowest BCUT2D eigenvalue weighted by molar-refractivity contribution is 0.102. The summed E-state index contributed by atoms with van der Waals surface area (Å²) >= 11 is 1.33. The van der Waals surface area contributed by atoms with Crippen LogP contribution in [-0.2, 0) is 10.0 Å². The summed E-state index contributed by atoms with van der Waals surface area (Å²) in [4.78, 5) is 17.5. The van der Waals surface area contributed by atoms with Crippen molar-refractivity contribution in [2.75, 3.05) is 25.5 Å². The van der Waals surface area contributed by atoms with Gasteiger partial charge in [0.25, 0.3) is 5.91 Å². The van der Waals surface area contributed by atoms with Crippen molar-refractivity contribution in [1.29, 1.82) is 0 Å². The molecule has 174 valence electrons. The number of ether oxygens (including phenoxy) is 1. The zero-order chi connectivity index (χ0) is 23.8. The highest BCUT2D eigenvalue weighted by molar-refractivity contribution is 7.89. The number of carbonyl (C=O) groups is 1. The molecule has 3 aromatic rings. The van der Waals surface area contributed by atoms with Gasteiger partial charge in [-0.2, -0.15) is 4.31 Å². The quantitative estimate of drug-likeness (QED) is 0.543. The molecule has 0 aliphatic carbocycles. The fraction of sp³-hybridized carbons (Fsp3) is 0.333. The predicted molar refractivity (Wildman–Crippen MR) is 131 cm³/mol. The number of benzene rings is 2. The van der Waals surface area contributed by atoms with E-state index in [1.807, 2.05) is 12.3 Å². The van der Waals surface area contributed by atoms with E-state index in [4.69, 9.17) is 4.74 Å². The Hall–Kier alpha value is -2.75. The van der Waals surface area contributed by atoms with E-state index in [-0.39, 0.29) is 16.2 Å². The van der Waals surface area contributed by atoms with E-state index in [9.17, 15) is 13.2 Å². The first-order valence-electron chi connectivity index (χ1n) is 10.7. The topological polar surface area (TPSA) is 88.6 Å². The lowest BCUT2D eigenvalue weighted by atomic mass is 9.99. The highest BCUT2D eigenvalue weighted by Gasteiger charge is 2.30. The van der Waals surface area contributed by atoms with Crippen LogP contribution in [0.1, 0.15) is 39.9 Å². The van der Waals surface area contributed by atoms with E-state index in [0.717, 1.165) is 29.7 Å². The van der Waals surface area contributed by atoms with Gasteiger partial charge in [0, 0.05) is 29.6 Å². The smallest absolute Gasteiger partial charge is 0.257 e. The van der Waals surface area contributed by atoms with Crippen molar-refractivity contribution < 1.29 is 17.9 Å². The summed E-state index contributed by atoms with van der Waals surface area (Å²) in [5, 5.41) is 5.16. The SMILES string of the molecule is COc1ccc(C(=O)Nc2nc(-c3cc(C)c(C)cc3C)cs2)cc1S(=O)(=O)N1CCCC1. The Bertz CT molecular complexity index is 1310. The maximum Gasteiger partial charge on any atom is 0.257 e. The van der Waals surface area contributed by atoms with Gasteiger partial charge in [0.2, 0.25) is 10.0 Å². The first-order chi connectivity index (χ1) is 15.7. The summed E-state index contributed by atoms with van der Waals surface area (Å²) in [5.41, 5.74) is 5.57. The molecule has 1 aromatic heterocycles. The van der Waals surface area contributed by atoms with Crippen LogP contribution in [0, 0.1) is 20.8 Å². The minimum atomic E-state index is -3.74. The number of aryl methyl sites for hydroxylation is 3. The molecule has 1 fully saturated rings. The van der Waals surface area contributed by atoms with Crippen molar-refractivity contribution in [2.24, 2.45) is 0 Å². The molecule has 1 saturated heterocycles. The van der Waals surface area contributed by atoms with Crippen LogP contribution >= 0.6 is 11.3 Å². The zero-order valence-electron chi connectivity index (χ0n) is 19.1. The molecule has 0 radical (unpaired) electrons. The van der Waals surface area contributed by atoms with Crippen molar-refractivity contribution in [3.8, 4) is 17.0 Å². The fourth-order valence-electron chi connectivity index (χ4n) is 3.95. The molecule has 0 atom stereocenters. The average molecular weight is 486 g/mol. The standard InChI is InChI=1S/C24H27N3O4S2/c1-15-11-17(3)19(12-16(15)2)20-14-32-24(25-20)26-23(28)18-7-8-21(31-4)22(13-18)33(29,30)27-9-5-6-10-27/h7-8,11-14H,5-6,9-10H2,1-4H3,(H,25,26,28). The fourth-order valence-corrected chi connectivity index (χ4v) is 6.35. The van der Waals surface area contributed by atoms with Gasteiger partial charge in [0.15, 0.2) is 5.13 Å². The molecule has 2 heterocycles. The Morgan fingerprint density at radius 1 is 1.06 bits per heavy atom. The molecular formula is C24H27N3O4S2. The third-order valence-corrected chi connectivity index (χ3v) is 8.63. The number of rotatable bonds is 6. The number of aromatic nitrogens is 1. The van der Waals surface area contributed by atoms with Gasteiger partial charge in [-0.3, -0.25) is 10.1 Å². The summed E-state index contributed by atoms with van der Waals surface area (Å²) in [6.07, 6.45) is 1.65. The number of nitrogens with one attached hydrogen (secondary N) is 1. The number of hydrogen-bond donors (Lipinski definition) is 1. The Kier molecular flexibility index (Phi) is 6.56. The molecule has 1 amide bonds. The predicted octanol–water partition coefficient (Wildman–Crippen LogP) is 4.78. The molecule has 4 rings (SSSR count). The third-order valence-electron chi connectivity index (χ3n) is 5.95. The second-order valence-electron chi connectivity index (χ2n) is 8.22. The molecule has 0 bridgehead atoms. The van der Waals surface area contributed by atoms with Crippen molar-refractivity contribution in [2.45, 2.75) is 38.5 Å². The molecule has 0 saturated carbocycles. The summed E-state index contributed by atoms with van der Waals surface area (Å²) in [6, 6.07) is 8.68. The maximum absolute atomic E-state index is 13.1. The van der Waals surface area contributed by atoms with Crippen molar-refractivity contribution >= 4 is 32.4 Å². The Morgan fingerprint density at radius 3 is 2.45 bits per heavy atom. The minimum Gasteiger partial charge on any atom is -0.495 e. The normalized spacial score (nSPS) is 14.4. The number of amides is 1. The van der Waals surface area contributed by atoms with Gasteiger partial charge >= 0.3 is 0 Å². The Labute approximate surface area is 198 Å². The molecule has 7 nitrogen and oxygen atoms in total. The molecule has 0 spiro atoms. The molecule has 0 unspecified atom stereocenters. The molecule has 1 aliphatic rings. The Balaban J connectivity index is 1.59. The maximum atomic E-state index is 13.1. The number of methoxy groups -OCH3 is 1. The number of thiazole rings is 1. The molecule has 2 aromatic carbocycles. The van der Waals surface area contributed by atoms with Crippen LogP contribution in [0.4, 0.5) is 5.13 Å². The third kappa shape index (κ3) is 4.66. The molecule has 33 heavy (non-hydrogen) atoms. The van der Waals surface area contributed by atoms with Gasteiger partial charge in [-0.1, -0.05) is 6.07 Å². The second kappa shape index (κ2) is 9.24. The zero-order valence-corrected chi connectivity index (χ0v) is 20.8. The van der Waals surface area contributed by atoms with Crippen LogP contribution in [0.25, 0.3) is 11.3 Å². The van der Waals surface area contributed by atoms with Gasteiger partial charge in [-0.25, -0.2) is 13.4 Å². The van der Waals surface area contributed by atoms with Gasteiger partial charge in [-0.15, -0.1) is 11.3 Å². The van der Waals surface area contributed by atoms with Gasteiger partial charge < -0.3 is 4.74 Å². The van der Waals surface area contributed by atoms with E-state index >= 15 is 0 Å². The van der Waals surface area contributed by atoms with E-state index in [1.54, 1.807) is 6.07 Å². The highest BCUT2D eigenvalue weighted by Crippen LogP contribution is 2.32. The Morgan fingerprint density at radius 2 is 1.76 bits per heavy atom. The molecular weight excluding hydrogens is 458 g/mol. The van der Waals surface area contributed by atoms with Gasteiger partial charge in [0.1, 0.15) is 10.6 Å². The average Bonchev–Trinajstić information content (AvgIpc) is 3.48. The van der Waals surface area contributed by atoms with E-state index in [0.29, 0.717) is 18.2 Å². The summed E-state index contributed by atoms with van der Waals surface area (Å²) in [6.45, 7) is 7.12. The second-order valence-corrected chi connectivity index (χ2v) is 11.0. The number of nitrogens with zero attached hydrogens (tertiary/aromatic N) is 2. The lowest BCUT2D eigenvalue weighted by Crippen LogP contribution is -2.28. The van der Waals surface area contributed by atoms with Gasteiger partial charge in [-0.05, 0) is 74.6 Å². The first-order valence-corrected chi connectivity index (χ1v) is 13.1. The van der Waals surface area contributed by atoms with Crippen LogP contribution < -0.4 is 10.1 Å². The molecule has 1 N–H and O–H groups in total. The van der Waals surface area contributed by atoms with E-state index in [1.165, 1.54) is 46.0 Å². The number of sulfonamides is 1. The monoisotopic (exact) mass is 485 g/mol. The highest BCUT2D eigenvalue weighted by atomic mass is 32.2. The van der Waals surface area contributed by atoms with Crippen LogP contribution in [-0.4, -0.2) is 43.8 Å². The summed E-state index contributed by atoms with van der Waals surface area (Å²) in [7, 11) is -2.32. The number of hydrogen-bond acceptors (Lipinski definition) is 6. The number of anilines is 1. The molecule has 9 heteroatoms. The minimum absolute atomic E-state index is 0.00475.